The van der Waals surface area contributed by atoms with Crippen LogP contribution in [0.3, 0.4) is 0 Å². The van der Waals surface area contributed by atoms with Gasteiger partial charge in [0.25, 0.3) is 0 Å². The summed E-state index contributed by atoms with van der Waals surface area (Å²) < 4.78 is 0. The predicted octanol–water partition coefficient (Wildman–Crippen LogP) is -2.12. The molecule has 118 valence electrons. The third-order valence-electron chi connectivity index (χ3n) is 3.92. The molecule has 1 aromatic carbocycles. The maximum atomic E-state index is 4.58. The second-order valence-electron chi connectivity index (χ2n) is 4.99. The minimum atomic E-state index is 0. The second-order valence-corrected chi connectivity index (χ2v) is 4.99. The van der Waals surface area contributed by atoms with Gasteiger partial charge in [0.2, 0.25) is 0 Å². The van der Waals surface area contributed by atoms with Crippen molar-refractivity contribution in [3.05, 3.63) is 56.7 Å². The average Bonchev–Trinajstić information content (AvgIpc) is 2.38. The normalized spacial score (nSPS) is 14.7. The van der Waals surface area contributed by atoms with E-state index in [1.54, 1.807) is 0 Å². The molecule has 0 radical (unpaired) electrons. The van der Waals surface area contributed by atoms with Crippen LogP contribution in [0.2, 0.25) is 0 Å². The van der Waals surface area contributed by atoms with Crippen LogP contribution in [0.25, 0.3) is 21.8 Å². The zero-order chi connectivity index (χ0) is 12.9. The SMILES string of the molecule is CC1=C[N-]c2c3c(ccc2=C1C)=C(C)C(C)=C[N-]3.[Br-].[Br-].[Ni]. The Labute approximate surface area is 156 Å². The molecule has 0 bridgehead atoms. The summed E-state index contributed by atoms with van der Waals surface area (Å²) in [5.74, 6) is 0. The van der Waals surface area contributed by atoms with Crippen LogP contribution in [0.1, 0.15) is 27.7 Å². The number of nitrogens with zero attached hydrogens (tertiary/aromatic N) is 2. The van der Waals surface area contributed by atoms with Crippen LogP contribution < -0.4 is 44.4 Å². The number of hydrogen-bond acceptors (Lipinski definition) is 0. The summed E-state index contributed by atoms with van der Waals surface area (Å²) in [6, 6.07) is 4.34. The topological polar surface area (TPSA) is 28.2 Å². The van der Waals surface area contributed by atoms with Crippen molar-refractivity contribution >= 4 is 22.5 Å². The molecule has 1 aromatic rings. The predicted molar refractivity (Wildman–Crippen MR) is 77.4 cm³/mol. The van der Waals surface area contributed by atoms with Crippen LogP contribution in [0.4, 0.5) is 11.4 Å². The van der Waals surface area contributed by atoms with E-state index < -0.39 is 0 Å². The maximum absolute atomic E-state index is 4.58. The Morgan fingerprint density at radius 3 is 1.33 bits per heavy atom. The molecule has 0 saturated carbocycles. The van der Waals surface area contributed by atoms with Crippen molar-refractivity contribution in [2.24, 2.45) is 0 Å². The number of allylic oxidation sites excluding steroid dienone is 2. The largest absolute Gasteiger partial charge is 1.00 e. The molecule has 0 unspecified atom stereocenters. The fourth-order valence-corrected chi connectivity index (χ4v) is 2.39. The molecular weight excluding hydrogens is 439 g/mol. The molecule has 0 spiro atoms. The first-order valence-corrected chi connectivity index (χ1v) is 6.20. The molecule has 2 aliphatic rings. The van der Waals surface area contributed by atoms with Crippen molar-refractivity contribution < 1.29 is 50.5 Å². The number of halogens is 2. The molecule has 0 N–H and O–H groups in total. The second kappa shape index (κ2) is 7.66. The van der Waals surface area contributed by atoms with E-state index in [1.165, 1.54) is 32.7 Å². The smallest absolute Gasteiger partial charge is 0 e. The van der Waals surface area contributed by atoms with E-state index in [4.69, 9.17) is 0 Å². The number of fused-ring (bicyclic) bond motifs is 3. The summed E-state index contributed by atoms with van der Waals surface area (Å²) in [5.41, 5.74) is 7.07. The first kappa shape index (κ1) is 20.5. The van der Waals surface area contributed by atoms with E-state index in [2.05, 4.69) is 50.5 Å². The molecule has 0 fully saturated rings. The van der Waals surface area contributed by atoms with Gasteiger partial charge in [-0.15, -0.1) is 11.4 Å². The molecule has 0 amide bonds. The molecular formula is C16H16Br2N2Ni-4. The molecule has 2 aliphatic heterocycles. The van der Waals surface area contributed by atoms with Gasteiger partial charge in [-0.2, -0.15) is 12.4 Å². The van der Waals surface area contributed by atoms with Crippen molar-refractivity contribution in [1.29, 1.82) is 0 Å². The van der Waals surface area contributed by atoms with Gasteiger partial charge < -0.3 is 44.6 Å². The number of benzene rings is 1. The first-order chi connectivity index (χ1) is 8.59. The molecule has 5 heteroatoms. The summed E-state index contributed by atoms with van der Waals surface area (Å²) in [4.78, 5) is 0. The monoisotopic (exact) mass is 452 g/mol. The quantitative estimate of drug-likeness (QED) is 0.401. The van der Waals surface area contributed by atoms with E-state index in [0.29, 0.717) is 0 Å². The Bertz CT molecular complexity index is 670. The van der Waals surface area contributed by atoms with Gasteiger partial charge in [0, 0.05) is 16.5 Å². The maximum Gasteiger partial charge on any atom is 0 e. The molecule has 0 aliphatic carbocycles. The third kappa shape index (κ3) is 3.30. The summed E-state index contributed by atoms with van der Waals surface area (Å²) in [6.07, 6.45) is 3.88. The first-order valence-electron chi connectivity index (χ1n) is 6.20. The van der Waals surface area contributed by atoms with Gasteiger partial charge in [0.05, 0.1) is 0 Å². The van der Waals surface area contributed by atoms with E-state index >= 15 is 0 Å². The van der Waals surface area contributed by atoms with Crippen molar-refractivity contribution in [3.8, 4) is 0 Å². The Balaban J connectivity index is 0.00000133. The molecule has 3 rings (SSSR count). The van der Waals surface area contributed by atoms with Gasteiger partial charge in [0.15, 0.2) is 0 Å². The molecule has 0 atom stereocenters. The summed E-state index contributed by atoms with van der Waals surface area (Å²) in [6.45, 7) is 8.48. The van der Waals surface area contributed by atoms with E-state index in [-0.39, 0.29) is 50.5 Å². The van der Waals surface area contributed by atoms with Crippen LogP contribution in [0.15, 0.2) is 35.7 Å². The summed E-state index contributed by atoms with van der Waals surface area (Å²) >= 11 is 0. The van der Waals surface area contributed by atoms with Crippen LogP contribution in [0, 0.1) is 0 Å². The minimum absolute atomic E-state index is 0. The summed E-state index contributed by atoms with van der Waals surface area (Å²) in [7, 11) is 0. The Kier molecular flexibility index (Phi) is 7.48. The molecule has 2 heterocycles. The standard InChI is InChI=1S/C16H16N2.2BrH.Ni/c1-9-7-17-15-13(11(9)3)5-6-14-12(4)10(2)8-18-16(14)15;;;/h5-8H,1-4H3;2*1H;/q-2;;;/p-2. The van der Waals surface area contributed by atoms with E-state index in [9.17, 15) is 0 Å². The molecule has 0 saturated heterocycles. The Morgan fingerprint density at radius 1 is 0.667 bits per heavy atom. The molecule has 21 heavy (non-hydrogen) atoms. The average molecular weight is 455 g/mol. The third-order valence-corrected chi connectivity index (χ3v) is 3.92. The zero-order valence-corrected chi connectivity index (χ0v) is 16.4. The zero-order valence-electron chi connectivity index (χ0n) is 12.3. The molecule has 2 nitrogen and oxygen atoms in total. The fraction of sp³-hybridized carbons (Fsp3) is 0.250. The fourth-order valence-electron chi connectivity index (χ4n) is 2.39. The van der Waals surface area contributed by atoms with E-state index in [1.807, 2.05) is 12.4 Å². The van der Waals surface area contributed by atoms with Gasteiger partial charge in [-0.25, -0.2) is 0 Å². The number of hydrogen-bond donors (Lipinski definition) is 0. The minimum Gasteiger partial charge on any atom is -1.00 e. The van der Waals surface area contributed by atoms with Crippen molar-refractivity contribution in [2.75, 3.05) is 0 Å². The van der Waals surface area contributed by atoms with Crippen LogP contribution in [-0.2, 0) is 16.5 Å². The van der Waals surface area contributed by atoms with Gasteiger partial charge >= 0.3 is 0 Å². The van der Waals surface area contributed by atoms with Gasteiger partial charge in [-0.1, -0.05) is 23.3 Å². The van der Waals surface area contributed by atoms with Gasteiger partial charge in [0.1, 0.15) is 0 Å². The van der Waals surface area contributed by atoms with Crippen molar-refractivity contribution in [3.63, 3.8) is 0 Å². The van der Waals surface area contributed by atoms with Crippen LogP contribution >= 0.6 is 0 Å². The Hall–Kier alpha value is -0.506. The molecule has 0 aromatic heterocycles. The number of rotatable bonds is 0. The summed E-state index contributed by atoms with van der Waals surface area (Å²) in [5, 5.41) is 11.6. The van der Waals surface area contributed by atoms with Crippen molar-refractivity contribution in [1.82, 2.24) is 0 Å². The Morgan fingerprint density at radius 2 is 1.00 bits per heavy atom. The van der Waals surface area contributed by atoms with Crippen molar-refractivity contribution in [2.45, 2.75) is 27.7 Å². The van der Waals surface area contributed by atoms with Gasteiger partial charge in [-0.3, -0.25) is 0 Å². The van der Waals surface area contributed by atoms with Gasteiger partial charge in [-0.05, 0) is 49.3 Å². The van der Waals surface area contributed by atoms with E-state index in [0.717, 1.165) is 11.4 Å². The van der Waals surface area contributed by atoms with Crippen LogP contribution in [-0.4, -0.2) is 0 Å². The van der Waals surface area contributed by atoms with Crippen LogP contribution in [0.5, 0.6) is 0 Å².